The summed E-state index contributed by atoms with van der Waals surface area (Å²) in [6, 6.07) is 18.8. The fourth-order valence-electron chi connectivity index (χ4n) is 3.42. The molecule has 0 aromatic heterocycles. The van der Waals surface area contributed by atoms with Crippen molar-refractivity contribution >= 4 is 38.9 Å². The predicted octanol–water partition coefficient (Wildman–Crippen LogP) is 4.65. The first-order valence-corrected chi connectivity index (χ1v) is 11.0. The number of halogens is 1. The molecular formula is C22H19ClN2O3S. The molecule has 3 aromatic carbocycles. The third-order valence-electron chi connectivity index (χ3n) is 5.04. The minimum absolute atomic E-state index is 0.256. The van der Waals surface area contributed by atoms with Crippen molar-refractivity contribution < 1.29 is 13.2 Å². The second-order valence-corrected chi connectivity index (χ2v) is 9.12. The van der Waals surface area contributed by atoms with Gasteiger partial charge in [0.2, 0.25) is 0 Å². The van der Waals surface area contributed by atoms with Gasteiger partial charge < -0.3 is 5.32 Å². The number of amides is 1. The number of nitrogens with one attached hydrogen (secondary N) is 1. The highest BCUT2D eigenvalue weighted by atomic mass is 35.5. The maximum absolute atomic E-state index is 13.0. The van der Waals surface area contributed by atoms with Crippen molar-refractivity contribution in [3.05, 3.63) is 88.4 Å². The lowest BCUT2D eigenvalue weighted by atomic mass is 10.1. The van der Waals surface area contributed by atoms with Gasteiger partial charge in [-0.05, 0) is 66.9 Å². The Hall–Kier alpha value is -2.83. The van der Waals surface area contributed by atoms with Gasteiger partial charge in [-0.3, -0.25) is 9.10 Å². The van der Waals surface area contributed by atoms with E-state index in [0.717, 1.165) is 11.1 Å². The van der Waals surface area contributed by atoms with Crippen LogP contribution >= 0.6 is 11.6 Å². The van der Waals surface area contributed by atoms with Crippen molar-refractivity contribution in [1.29, 1.82) is 0 Å². The fraction of sp³-hybridized carbons (Fsp3) is 0.136. The summed E-state index contributed by atoms with van der Waals surface area (Å²) in [6.07, 6.45) is 0.554. The van der Waals surface area contributed by atoms with Crippen molar-refractivity contribution in [3.8, 4) is 0 Å². The number of carbonyl (C=O) groups excluding carboxylic acids is 1. The number of hydrogen-bond acceptors (Lipinski definition) is 3. The Morgan fingerprint density at radius 1 is 1.03 bits per heavy atom. The van der Waals surface area contributed by atoms with Gasteiger partial charge in [-0.2, -0.15) is 0 Å². The van der Waals surface area contributed by atoms with Crippen LogP contribution in [0.5, 0.6) is 0 Å². The Kier molecular flexibility index (Phi) is 5.06. The number of hydrogen-bond donors (Lipinski definition) is 1. The van der Waals surface area contributed by atoms with Crippen LogP contribution in [0.4, 0.5) is 11.4 Å². The van der Waals surface area contributed by atoms with E-state index in [9.17, 15) is 13.2 Å². The van der Waals surface area contributed by atoms with E-state index in [1.54, 1.807) is 66.7 Å². The molecule has 0 spiro atoms. The zero-order valence-electron chi connectivity index (χ0n) is 15.7. The Morgan fingerprint density at radius 2 is 1.79 bits per heavy atom. The van der Waals surface area contributed by atoms with E-state index in [0.29, 0.717) is 34.9 Å². The van der Waals surface area contributed by atoms with E-state index in [-0.39, 0.29) is 10.8 Å². The van der Waals surface area contributed by atoms with Gasteiger partial charge in [-0.15, -0.1) is 0 Å². The molecule has 0 fully saturated rings. The van der Waals surface area contributed by atoms with Crippen molar-refractivity contribution in [2.24, 2.45) is 0 Å². The molecule has 1 aliphatic rings. The number of fused-ring (bicyclic) bond motifs is 1. The standard InChI is InChI=1S/C22H19ClN2O3S/c1-15-19(23)8-5-9-20(15)24-22(26)17-10-11-21-16(14-17)12-13-25(21)29(27,28)18-6-3-2-4-7-18/h2-11,14H,12-13H2,1H3,(H,24,26). The number of benzene rings is 3. The third kappa shape index (κ3) is 3.61. The average molecular weight is 427 g/mol. The molecule has 0 saturated heterocycles. The summed E-state index contributed by atoms with van der Waals surface area (Å²) in [5.74, 6) is -0.262. The van der Waals surface area contributed by atoms with E-state index >= 15 is 0 Å². The molecule has 0 aliphatic carbocycles. The molecule has 1 N–H and O–H groups in total. The van der Waals surface area contributed by atoms with Crippen LogP contribution in [0.25, 0.3) is 0 Å². The summed E-state index contributed by atoms with van der Waals surface area (Å²) >= 11 is 6.12. The predicted molar refractivity (Wildman–Crippen MR) is 115 cm³/mol. The molecular weight excluding hydrogens is 408 g/mol. The molecule has 0 unspecified atom stereocenters. The normalized spacial score (nSPS) is 13.2. The molecule has 0 radical (unpaired) electrons. The van der Waals surface area contributed by atoms with E-state index in [2.05, 4.69) is 5.32 Å². The molecule has 4 rings (SSSR count). The summed E-state index contributed by atoms with van der Waals surface area (Å²) in [4.78, 5) is 12.9. The van der Waals surface area contributed by atoms with E-state index in [4.69, 9.17) is 11.6 Å². The first-order chi connectivity index (χ1) is 13.9. The first kappa shape index (κ1) is 19.5. The summed E-state index contributed by atoms with van der Waals surface area (Å²) < 4.78 is 27.3. The van der Waals surface area contributed by atoms with Gasteiger partial charge in [0.25, 0.3) is 15.9 Å². The molecule has 0 saturated carbocycles. The van der Waals surface area contributed by atoms with Crippen molar-refractivity contribution in [2.45, 2.75) is 18.2 Å². The highest BCUT2D eigenvalue weighted by Gasteiger charge is 2.31. The van der Waals surface area contributed by atoms with Crippen molar-refractivity contribution in [1.82, 2.24) is 0 Å². The van der Waals surface area contributed by atoms with Gasteiger partial charge in [0, 0.05) is 22.8 Å². The lowest BCUT2D eigenvalue weighted by molar-refractivity contribution is 0.102. The summed E-state index contributed by atoms with van der Waals surface area (Å²) in [6.45, 7) is 2.19. The molecule has 1 aliphatic heterocycles. The average Bonchev–Trinajstić information content (AvgIpc) is 3.16. The van der Waals surface area contributed by atoms with Gasteiger partial charge in [0.1, 0.15) is 0 Å². The maximum atomic E-state index is 13.0. The molecule has 148 valence electrons. The smallest absolute Gasteiger partial charge is 0.264 e. The zero-order valence-corrected chi connectivity index (χ0v) is 17.3. The number of rotatable bonds is 4. The summed E-state index contributed by atoms with van der Waals surface area (Å²) in [7, 11) is -3.63. The molecule has 3 aromatic rings. The minimum atomic E-state index is -3.63. The Morgan fingerprint density at radius 3 is 2.55 bits per heavy atom. The van der Waals surface area contributed by atoms with Crippen LogP contribution in [-0.2, 0) is 16.4 Å². The summed E-state index contributed by atoms with van der Waals surface area (Å²) in [5, 5.41) is 3.45. The van der Waals surface area contributed by atoms with E-state index < -0.39 is 10.0 Å². The van der Waals surface area contributed by atoms with Crippen LogP contribution in [-0.4, -0.2) is 20.9 Å². The summed E-state index contributed by atoms with van der Waals surface area (Å²) in [5.41, 5.74) is 3.37. The minimum Gasteiger partial charge on any atom is -0.322 e. The highest BCUT2D eigenvalue weighted by Crippen LogP contribution is 2.34. The topological polar surface area (TPSA) is 66.5 Å². The Labute approximate surface area is 175 Å². The Bertz CT molecular complexity index is 1190. The van der Waals surface area contributed by atoms with Gasteiger partial charge >= 0.3 is 0 Å². The molecule has 0 atom stereocenters. The molecule has 7 heteroatoms. The maximum Gasteiger partial charge on any atom is 0.264 e. The Balaban J connectivity index is 1.60. The van der Waals surface area contributed by atoms with Crippen LogP contribution < -0.4 is 9.62 Å². The molecule has 5 nitrogen and oxygen atoms in total. The van der Waals surface area contributed by atoms with Gasteiger partial charge in [0.15, 0.2) is 0 Å². The van der Waals surface area contributed by atoms with E-state index in [1.165, 1.54) is 4.31 Å². The van der Waals surface area contributed by atoms with Crippen LogP contribution in [0.15, 0.2) is 71.6 Å². The fourth-order valence-corrected chi connectivity index (χ4v) is 5.12. The van der Waals surface area contributed by atoms with Crippen molar-refractivity contribution in [2.75, 3.05) is 16.2 Å². The number of nitrogens with zero attached hydrogens (tertiary/aromatic N) is 1. The molecule has 1 heterocycles. The second kappa shape index (κ2) is 7.54. The highest BCUT2D eigenvalue weighted by molar-refractivity contribution is 7.92. The largest absolute Gasteiger partial charge is 0.322 e. The van der Waals surface area contributed by atoms with Gasteiger partial charge in [0.05, 0.1) is 10.6 Å². The van der Waals surface area contributed by atoms with Crippen LogP contribution in [0.1, 0.15) is 21.5 Å². The number of carbonyl (C=O) groups is 1. The number of anilines is 2. The first-order valence-electron chi connectivity index (χ1n) is 9.15. The SMILES string of the molecule is Cc1c(Cl)cccc1NC(=O)c1ccc2c(c1)CCN2S(=O)(=O)c1ccccc1. The monoisotopic (exact) mass is 426 g/mol. The quantitative estimate of drug-likeness (QED) is 0.660. The van der Waals surface area contributed by atoms with Gasteiger partial charge in [-0.1, -0.05) is 35.9 Å². The lowest BCUT2D eigenvalue weighted by Crippen LogP contribution is -2.29. The second-order valence-electron chi connectivity index (χ2n) is 6.85. The van der Waals surface area contributed by atoms with E-state index in [1.807, 2.05) is 6.92 Å². The zero-order chi connectivity index (χ0) is 20.6. The molecule has 1 amide bonds. The van der Waals surface area contributed by atoms with Crippen LogP contribution in [0, 0.1) is 6.92 Å². The number of sulfonamides is 1. The lowest BCUT2D eigenvalue weighted by Gasteiger charge is -2.19. The molecule has 0 bridgehead atoms. The van der Waals surface area contributed by atoms with Crippen molar-refractivity contribution in [3.63, 3.8) is 0 Å². The van der Waals surface area contributed by atoms with Crippen LogP contribution in [0.2, 0.25) is 5.02 Å². The molecule has 29 heavy (non-hydrogen) atoms. The van der Waals surface area contributed by atoms with Crippen LogP contribution in [0.3, 0.4) is 0 Å². The third-order valence-corrected chi connectivity index (χ3v) is 7.28. The van der Waals surface area contributed by atoms with Gasteiger partial charge in [-0.25, -0.2) is 8.42 Å².